The third-order valence-electron chi connectivity index (χ3n) is 10.2. The Kier molecular flexibility index (Phi) is 12.5. The van der Waals surface area contributed by atoms with Gasteiger partial charge in [0.2, 0.25) is 0 Å². The second-order valence-corrected chi connectivity index (χ2v) is 25.5. The predicted molar refractivity (Wildman–Crippen MR) is 235 cm³/mol. The average molecular weight is 1170 g/mol. The Balaban J connectivity index is 0.000000241. The number of pyridine rings is 1. The minimum absolute atomic E-state index is 0. The molecule has 7 heteroatoms. The van der Waals surface area contributed by atoms with Gasteiger partial charge in [0.15, 0.2) is 0 Å². The first-order chi connectivity index (χ1) is 27.4. The van der Waals surface area contributed by atoms with Gasteiger partial charge in [-0.25, -0.2) is 0 Å². The van der Waals surface area contributed by atoms with Gasteiger partial charge < -0.3 is 8.98 Å². The summed E-state index contributed by atoms with van der Waals surface area (Å²) in [5, 5.41) is 2.15. The second kappa shape index (κ2) is 17.7. The van der Waals surface area contributed by atoms with Crippen LogP contribution in [0.5, 0.6) is 0 Å². The molecule has 0 amide bonds. The summed E-state index contributed by atoms with van der Waals surface area (Å²) >= 11 is -1.72. The summed E-state index contributed by atoms with van der Waals surface area (Å²) in [6.45, 7) is 0. The van der Waals surface area contributed by atoms with Crippen molar-refractivity contribution in [3.63, 3.8) is 0 Å². The molecule has 3 aromatic heterocycles. The van der Waals surface area contributed by atoms with Gasteiger partial charge in [0, 0.05) is 56.7 Å². The van der Waals surface area contributed by atoms with Gasteiger partial charge in [-0.2, -0.15) is 0 Å². The molecule has 288 valence electrons. The molecule has 0 bridgehead atoms. The molecule has 3 heterocycles. The molecule has 0 spiro atoms. The number of fused-ring (bicyclic) bond motifs is 4. The zero-order valence-corrected chi connectivity index (χ0v) is 39.1. The Labute approximate surface area is 369 Å². The molecule has 4 nitrogen and oxygen atoms in total. The normalized spacial score (nSPS) is 11.1. The third-order valence-corrected chi connectivity index (χ3v) is 14.4. The minimum Gasteiger partial charge on any atom is -0.501 e. The Hall–Kier alpha value is -5.20. The van der Waals surface area contributed by atoms with Crippen LogP contribution in [-0.2, 0) is 40.2 Å². The largest absolute Gasteiger partial charge is 0.501 e. The first-order valence-corrected chi connectivity index (χ1v) is 26.3. The fourth-order valence-electron chi connectivity index (χ4n) is 7.31. The van der Waals surface area contributed by atoms with Crippen LogP contribution in [-0.4, -0.2) is 27.8 Å². The average Bonchev–Trinajstić information content (AvgIpc) is 3.83. The summed E-state index contributed by atoms with van der Waals surface area (Å²) < 4.78 is 10.2. The van der Waals surface area contributed by atoms with Crippen LogP contribution in [0.1, 0.15) is 0 Å². The maximum absolute atomic E-state index is 6.47. The van der Waals surface area contributed by atoms with Crippen LogP contribution in [0.2, 0.25) is 17.3 Å². The van der Waals surface area contributed by atoms with Crippen LogP contribution >= 0.6 is 0 Å². The zero-order valence-electron chi connectivity index (χ0n) is 32.2. The summed E-state index contributed by atoms with van der Waals surface area (Å²) in [5.74, 6) is 7.94. The van der Waals surface area contributed by atoms with Crippen LogP contribution in [0.3, 0.4) is 0 Å². The molecule has 0 saturated heterocycles. The van der Waals surface area contributed by atoms with Gasteiger partial charge in [0.1, 0.15) is 5.58 Å². The van der Waals surface area contributed by atoms with E-state index in [1.54, 1.807) is 0 Å². The topological polar surface area (TPSA) is 43.9 Å². The summed E-state index contributed by atoms with van der Waals surface area (Å²) in [5.41, 5.74) is 12.1. The SMILES string of the molecule is [CH3][Ge]([CH3])([CH3])[c]1ccc(-c2[c-]cccc2)nc1.[Ir].[Ir].[c-]1ccc2c(oc3ccccc32)c1-c1nc2ccccc2n1-c1c(-c2ccccc2)cccc1-c1ccccc1. The van der Waals surface area contributed by atoms with Crippen molar-refractivity contribution in [3.8, 4) is 50.6 Å². The van der Waals surface area contributed by atoms with Gasteiger partial charge in [-0.15, -0.1) is 18.2 Å². The molecule has 10 aromatic rings. The molecule has 0 fully saturated rings. The van der Waals surface area contributed by atoms with Crippen LogP contribution in [0, 0.1) is 12.1 Å². The number of furan rings is 1. The van der Waals surface area contributed by atoms with Gasteiger partial charge in [0.05, 0.1) is 28.1 Å². The Morgan fingerprint density at radius 1 is 0.569 bits per heavy atom. The minimum atomic E-state index is -1.72. The molecule has 10 rings (SSSR count). The third kappa shape index (κ3) is 8.09. The molecule has 0 N–H and O–H groups in total. The fourth-order valence-corrected chi connectivity index (χ4v) is 9.48. The summed E-state index contributed by atoms with van der Waals surface area (Å²) in [4.78, 5) is 9.75. The summed E-state index contributed by atoms with van der Waals surface area (Å²) in [7, 11) is 0. The van der Waals surface area contributed by atoms with Crippen LogP contribution in [0.4, 0.5) is 0 Å². The van der Waals surface area contributed by atoms with Crippen molar-refractivity contribution in [3.05, 3.63) is 194 Å². The molecule has 0 saturated carbocycles. The second-order valence-electron chi connectivity index (χ2n) is 14.8. The molecule has 7 aromatic carbocycles. The van der Waals surface area contributed by atoms with E-state index < -0.39 is 13.3 Å². The van der Waals surface area contributed by atoms with Crippen molar-refractivity contribution in [2.75, 3.05) is 0 Å². The molecule has 0 unspecified atom stereocenters. The van der Waals surface area contributed by atoms with Crippen molar-refractivity contribution in [1.82, 2.24) is 14.5 Å². The Morgan fingerprint density at radius 2 is 1.22 bits per heavy atom. The van der Waals surface area contributed by atoms with Gasteiger partial charge in [-0.3, -0.25) is 4.98 Å². The number of aromatic nitrogens is 3. The number of rotatable bonds is 6. The monoisotopic (exact) mass is 1170 g/mol. The van der Waals surface area contributed by atoms with E-state index in [9.17, 15) is 0 Å². The molecular weight excluding hydrogens is 1130 g/mol. The zero-order chi connectivity index (χ0) is 38.1. The number of nitrogens with zero attached hydrogens (tertiary/aromatic N) is 3. The van der Waals surface area contributed by atoms with E-state index in [2.05, 4.69) is 160 Å². The van der Waals surface area contributed by atoms with E-state index in [4.69, 9.17) is 9.40 Å². The molecule has 0 aliphatic carbocycles. The van der Waals surface area contributed by atoms with Crippen LogP contribution in [0.25, 0.3) is 83.6 Å². The van der Waals surface area contributed by atoms with Crippen molar-refractivity contribution in [2.45, 2.75) is 17.3 Å². The van der Waals surface area contributed by atoms with Crippen molar-refractivity contribution in [2.24, 2.45) is 0 Å². The van der Waals surface area contributed by atoms with E-state index in [1.807, 2.05) is 60.8 Å². The quantitative estimate of drug-likeness (QED) is 0.123. The molecule has 58 heavy (non-hydrogen) atoms. The number of para-hydroxylation sites is 4. The first kappa shape index (κ1) is 41.0. The maximum Gasteiger partial charge on any atom is 0.120 e. The van der Waals surface area contributed by atoms with Gasteiger partial charge >= 0.3 is 99.8 Å². The van der Waals surface area contributed by atoms with Gasteiger partial charge in [0.25, 0.3) is 0 Å². The van der Waals surface area contributed by atoms with E-state index in [0.717, 1.165) is 83.6 Å². The molecule has 2 radical (unpaired) electrons. The summed E-state index contributed by atoms with van der Waals surface area (Å²) in [6.07, 6.45) is 2.04. The number of hydrogen-bond donors (Lipinski definition) is 0. The number of imidazole rings is 1. The standard InChI is InChI=1S/C37H23N2O.C14H16GeN.2Ir/c1-3-13-25(14-4-1)27-18-11-19-28(26-15-5-2-6-16-26)35(27)39-33-23-9-8-22-32(33)38-37(39)31-21-12-20-30-29-17-7-10-24-34(29)40-36(30)31;1-15(2,3)13-9-10-14(16-11-13)12-7-5-4-6-8-12;;/h1-20,22-24H;4-7,9-11H,1-3H3;;/q2*-1;;. The smallest absolute Gasteiger partial charge is 0.120 e. The Bertz CT molecular complexity index is 2880. The summed E-state index contributed by atoms with van der Waals surface area (Å²) in [6, 6.07) is 67.2. The number of hydrogen-bond acceptors (Lipinski definition) is 3. The molecule has 0 aliphatic rings. The predicted octanol–water partition coefficient (Wildman–Crippen LogP) is 12.8. The first-order valence-electron chi connectivity index (χ1n) is 18.9. The molecule has 0 aliphatic heterocycles. The van der Waals surface area contributed by atoms with E-state index in [-0.39, 0.29) is 40.2 Å². The van der Waals surface area contributed by atoms with E-state index in [1.165, 1.54) is 4.40 Å². The van der Waals surface area contributed by atoms with Crippen LogP contribution < -0.4 is 4.40 Å². The van der Waals surface area contributed by atoms with E-state index >= 15 is 0 Å². The Morgan fingerprint density at radius 3 is 1.88 bits per heavy atom. The van der Waals surface area contributed by atoms with E-state index in [0.29, 0.717) is 0 Å². The number of benzene rings is 7. The van der Waals surface area contributed by atoms with Crippen molar-refractivity contribution < 1.29 is 44.6 Å². The maximum atomic E-state index is 6.47. The van der Waals surface area contributed by atoms with Crippen LogP contribution in [0.15, 0.2) is 187 Å². The fraction of sp³-hybridized carbons (Fsp3) is 0.0588. The molecular formula is C51H39GeIr2N3O-2. The van der Waals surface area contributed by atoms with Crippen molar-refractivity contribution >= 4 is 50.6 Å². The van der Waals surface area contributed by atoms with Gasteiger partial charge in [-0.1, -0.05) is 120 Å². The molecule has 0 atom stereocenters. The van der Waals surface area contributed by atoms with Crippen molar-refractivity contribution in [1.29, 1.82) is 0 Å². The van der Waals surface area contributed by atoms with Gasteiger partial charge in [-0.05, 0) is 29.3 Å².